The predicted molar refractivity (Wildman–Crippen MR) is 80.3 cm³/mol. The van der Waals surface area contributed by atoms with Gasteiger partial charge in [-0.1, -0.05) is 33.6 Å². The smallest absolute Gasteiger partial charge is 0.335 e. The first-order valence-corrected chi connectivity index (χ1v) is 7.36. The fourth-order valence-electron chi connectivity index (χ4n) is 2.59. The second-order valence-electron chi connectivity index (χ2n) is 6.71. The lowest BCUT2D eigenvalue weighted by Crippen LogP contribution is -2.18. The van der Waals surface area contributed by atoms with Gasteiger partial charge in [0.05, 0.1) is 5.56 Å². The van der Waals surface area contributed by atoms with Crippen LogP contribution in [0.1, 0.15) is 62.5 Å². The molecule has 1 fully saturated rings. The first-order chi connectivity index (χ1) is 9.36. The standard InChI is InChI=1S/C16H24N2O2/c1-16(2,3)13-8-12(15(19)20)9-14(18-13)17-10-11-6-4-5-7-11/h8-9,11H,4-7,10H2,1-3H3,(H,17,18)(H,19,20). The molecular weight excluding hydrogens is 252 g/mol. The molecule has 4 heteroatoms. The highest BCUT2D eigenvalue weighted by atomic mass is 16.4. The normalized spacial score (nSPS) is 16.4. The molecule has 1 heterocycles. The zero-order valence-corrected chi connectivity index (χ0v) is 12.6. The zero-order chi connectivity index (χ0) is 14.8. The number of hydrogen-bond donors (Lipinski definition) is 2. The van der Waals surface area contributed by atoms with E-state index in [1.165, 1.54) is 25.7 Å². The molecule has 1 aliphatic rings. The van der Waals surface area contributed by atoms with Crippen LogP contribution in [0.2, 0.25) is 0 Å². The van der Waals surface area contributed by atoms with Gasteiger partial charge in [-0.05, 0) is 30.9 Å². The molecule has 0 bridgehead atoms. The number of rotatable bonds is 4. The Morgan fingerprint density at radius 1 is 1.35 bits per heavy atom. The van der Waals surface area contributed by atoms with Gasteiger partial charge in [0.2, 0.25) is 0 Å². The maximum absolute atomic E-state index is 11.2. The van der Waals surface area contributed by atoms with Crippen molar-refractivity contribution < 1.29 is 9.90 Å². The van der Waals surface area contributed by atoms with Crippen molar-refractivity contribution in [2.45, 2.75) is 51.9 Å². The molecule has 0 saturated heterocycles. The van der Waals surface area contributed by atoms with E-state index in [-0.39, 0.29) is 5.41 Å². The second-order valence-corrected chi connectivity index (χ2v) is 6.71. The van der Waals surface area contributed by atoms with E-state index in [0.29, 0.717) is 17.3 Å². The molecule has 0 aromatic carbocycles. The molecule has 2 N–H and O–H groups in total. The number of carboxylic acid groups (broad SMARTS) is 1. The van der Waals surface area contributed by atoms with Crippen molar-refractivity contribution in [2.24, 2.45) is 5.92 Å². The van der Waals surface area contributed by atoms with Gasteiger partial charge in [-0.2, -0.15) is 0 Å². The maximum Gasteiger partial charge on any atom is 0.335 e. The van der Waals surface area contributed by atoms with E-state index in [2.05, 4.69) is 10.3 Å². The van der Waals surface area contributed by atoms with Gasteiger partial charge in [0, 0.05) is 17.7 Å². The molecule has 1 aromatic rings. The lowest BCUT2D eigenvalue weighted by Gasteiger charge is -2.20. The Balaban J connectivity index is 2.17. The van der Waals surface area contributed by atoms with Crippen molar-refractivity contribution in [1.82, 2.24) is 4.98 Å². The van der Waals surface area contributed by atoms with Crippen molar-refractivity contribution in [2.75, 3.05) is 11.9 Å². The molecule has 20 heavy (non-hydrogen) atoms. The van der Waals surface area contributed by atoms with Crippen LogP contribution < -0.4 is 5.32 Å². The Morgan fingerprint density at radius 2 is 2.00 bits per heavy atom. The summed E-state index contributed by atoms with van der Waals surface area (Å²) in [6, 6.07) is 3.30. The molecule has 0 atom stereocenters. The minimum Gasteiger partial charge on any atom is -0.478 e. The van der Waals surface area contributed by atoms with Crippen LogP contribution in [0.25, 0.3) is 0 Å². The van der Waals surface area contributed by atoms with E-state index in [1.807, 2.05) is 20.8 Å². The summed E-state index contributed by atoms with van der Waals surface area (Å²) >= 11 is 0. The Labute approximate surface area is 120 Å². The van der Waals surface area contributed by atoms with E-state index in [9.17, 15) is 9.90 Å². The van der Waals surface area contributed by atoms with Crippen molar-refractivity contribution in [3.8, 4) is 0 Å². The van der Waals surface area contributed by atoms with Crippen LogP contribution in [0.5, 0.6) is 0 Å². The minimum atomic E-state index is -0.901. The fourth-order valence-corrected chi connectivity index (χ4v) is 2.59. The summed E-state index contributed by atoms with van der Waals surface area (Å²) in [5.74, 6) is 0.479. The first kappa shape index (κ1) is 14.8. The highest BCUT2D eigenvalue weighted by molar-refractivity contribution is 5.88. The van der Waals surface area contributed by atoms with E-state index in [0.717, 1.165) is 12.2 Å². The minimum absolute atomic E-state index is 0.157. The Hall–Kier alpha value is -1.58. The SMILES string of the molecule is CC(C)(C)c1cc(C(=O)O)cc(NCC2CCCC2)n1. The van der Waals surface area contributed by atoms with Crippen molar-refractivity contribution in [1.29, 1.82) is 0 Å². The Bertz CT molecular complexity index is 486. The number of nitrogens with zero attached hydrogens (tertiary/aromatic N) is 1. The molecule has 0 radical (unpaired) electrons. The summed E-state index contributed by atoms with van der Waals surface area (Å²) in [4.78, 5) is 15.8. The van der Waals surface area contributed by atoms with Gasteiger partial charge < -0.3 is 10.4 Å². The topological polar surface area (TPSA) is 62.2 Å². The molecule has 2 rings (SSSR count). The van der Waals surface area contributed by atoms with Gasteiger partial charge in [0.15, 0.2) is 0 Å². The van der Waals surface area contributed by atoms with E-state index in [1.54, 1.807) is 12.1 Å². The monoisotopic (exact) mass is 276 g/mol. The van der Waals surface area contributed by atoms with E-state index in [4.69, 9.17) is 0 Å². The Morgan fingerprint density at radius 3 is 2.55 bits per heavy atom. The number of nitrogens with one attached hydrogen (secondary N) is 1. The summed E-state index contributed by atoms with van der Waals surface area (Å²) < 4.78 is 0. The number of aromatic carboxylic acids is 1. The van der Waals surface area contributed by atoms with Gasteiger partial charge >= 0.3 is 5.97 Å². The molecule has 0 amide bonds. The van der Waals surface area contributed by atoms with Crippen LogP contribution in [0.3, 0.4) is 0 Å². The summed E-state index contributed by atoms with van der Waals surface area (Å²) in [6.45, 7) is 7.02. The zero-order valence-electron chi connectivity index (χ0n) is 12.6. The molecule has 1 saturated carbocycles. The van der Waals surface area contributed by atoms with Crippen LogP contribution in [0, 0.1) is 5.92 Å². The molecule has 1 aliphatic carbocycles. The molecule has 110 valence electrons. The van der Waals surface area contributed by atoms with Crippen LogP contribution >= 0.6 is 0 Å². The predicted octanol–water partition coefficient (Wildman–Crippen LogP) is 3.68. The summed E-state index contributed by atoms with van der Waals surface area (Å²) in [6.07, 6.45) is 5.14. The van der Waals surface area contributed by atoms with Crippen LogP contribution in [0.15, 0.2) is 12.1 Å². The lowest BCUT2D eigenvalue weighted by molar-refractivity contribution is 0.0696. The number of anilines is 1. The van der Waals surface area contributed by atoms with Gasteiger partial charge in [0.1, 0.15) is 5.82 Å². The molecule has 0 unspecified atom stereocenters. The number of pyridine rings is 1. The third-order valence-corrected chi connectivity index (χ3v) is 3.89. The third kappa shape index (κ3) is 3.71. The third-order valence-electron chi connectivity index (χ3n) is 3.89. The fraction of sp³-hybridized carbons (Fsp3) is 0.625. The van der Waals surface area contributed by atoms with Crippen LogP contribution in [-0.2, 0) is 5.41 Å². The largest absolute Gasteiger partial charge is 0.478 e. The van der Waals surface area contributed by atoms with Crippen LogP contribution in [-0.4, -0.2) is 22.6 Å². The summed E-state index contributed by atoms with van der Waals surface area (Å²) in [5.41, 5.74) is 0.958. The molecule has 4 nitrogen and oxygen atoms in total. The maximum atomic E-state index is 11.2. The van der Waals surface area contributed by atoms with Crippen molar-refractivity contribution in [3.05, 3.63) is 23.4 Å². The molecule has 0 aliphatic heterocycles. The van der Waals surface area contributed by atoms with Crippen molar-refractivity contribution >= 4 is 11.8 Å². The number of carboxylic acids is 1. The first-order valence-electron chi connectivity index (χ1n) is 7.36. The van der Waals surface area contributed by atoms with E-state index >= 15 is 0 Å². The van der Waals surface area contributed by atoms with Gasteiger partial charge in [-0.25, -0.2) is 9.78 Å². The lowest BCUT2D eigenvalue weighted by atomic mass is 9.90. The number of carbonyl (C=O) groups is 1. The summed E-state index contributed by atoms with van der Waals surface area (Å²) in [5, 5.41) is 12.5. The highest BCUT2D eigenvalue weighted by Gasteiger charge is 2.20. The Kier molecular flexibility index (Phi) is 4.31. The second kappa shape index (κ2) is 5.81. The van der Waals surface area contributed by atoms with Gasteiger partial charge in [-0.3, -0.25) is 0 Å². The average Bonchev–Trinajstić information content (AvgIpc) is 2.88. The quantitative estimate of drug-likeness (QED) is 0.880. The number of hydrogen-bond acceptors (Lipinski definition) is 3. The van der Waals surface area contributed by atoms with Crippen LogP contribution in [0.4, 0.5) is 5.82 Å². The van der Waals surface area contributed by atoms with Crippen molar-refractivity contribution in [3.63, 3.8) is 0 Å². The van der Waals surface area contributed by atoms with E-state index < -0.39 is 5.97 Å². The molecular formula is C16H24N2O2. The number of aromatic nitrogens is 1. The molecule has 0 spiro atoms. The average molecular weight is 276 g/mol. The van der Waals surface area contributed by atoms with Gasteiger partial charge in [0.25, 0.3) is 0 Å². The highest BCUT2D eigenvalue weighted by Crippen LogP contribution is 2.26. The summed E-state index contributed by atoms with van der Waals surface area (Å²) in [7, 11) is 0. The van der Waals surface area contributed by atoms with Gasteiger partial charge in [-0.15, -0.1) is 0 Å². The molecule has 1 aromatic heterocycles.